The van der Waals surface area contributed by atoms with Crippen LogP contribution in [0.5, 0.6) is 0 Å². The zero-order valence-electron chi connectivity index (χ0n) is 12.7. The predicted molar refractivity (Wildman–Crippen MR) is 86.3 cm³/mol. The summed E-state index contributed by atoms with van der Waals surface area (Å²) in [6.45, 7) is 1.43. The molecule has 1 heterocycles. The minimum absolute atomic E-state index is 0.241. The number of hydrogen-bond acceptors (Lipinski definition) is 3. The maximum atomic E-state index is 12.6. The lowest BCUT2D eigenvalue weighted by atomic mass is 10.1. The molecule has 0 radical (unpaired) electrons. The third-order valence-corrected chi connectivity index (χ3v) is 3.88. The summed E-state index contributed by atoms with van der Waals surface area (Å²) in [6.07, 6.45) is 0. The summed E-state index contributed by atoms with van der Waals surface area (Å²) >= 11 is 0. The van der Waals surface area contributed by atoms with Crippen molar-refractivity contribution in [1.29, 1.82) is 0 Å². The SMILES string of the molecule is C[C@H]1C(=O)N(CC(=O)c2ccccc2)C(=O)N1c1ccccc1. The number of para-hydroxylation sites is 1. The lowest BCUT2D eigenvalue weighted by Crippen LogP contribution is -2.37. The molecule has 0 saturated carbocycles. The van der Waals surface area contributed by atoms with Crippen LogP contribution in [-0.4, -0.2) is 35.2 Å². The van der Waals surface area contributed by atoms with Crippen molar-refractivity contribution in [3.63, 3.8) is 0 Å². The molecule has 2 aromatic carbocycles. The van der Waals surface area contributed by atoms with Crippen LogP contribution in [0.2, 0.25) is 0 Å². The highest BCUT2D eigenvalue weighted by Crippen LogP contribution is 2.25. The number of ketones is 1. The highest BCUT2D eigenvalue weighted by Gasteiger charge is 2.43. The Labute approximate surface area is 134 Å². The van der Waals surface area contributed by atoms with E-state index in [9.17, 15) is 14.4 Å². The van der Waals surface area contributed by atoms with Gasteiger partial charge in [-0.05, 0) is 19.1 Å². The minimum atomic E-state index is -0.617. The average Bonchev–Trinajstić information content (AvgIpc) is 2.80. The van der Waals surface area contributed by atoms with Gasteiger partial charge < -0.3 is 0 Å². The van der Waals surface area contributed by atoms with Gasteiger partial charge in [0, 0.05) is 11.3 Å². The lowest BCUT2D eigenvalue weighted by molar-refractivity contribution is -0.126. The molecule has 0 spiro atoms. The molecule has 23 heavy (non-hydrogen) atoms. The second-order valence-corrected chi connectivity index (χ2v) is 5.38. The highest BCUT2D eigenvalue weighted by atomic mass is 16.2. The van der Waals surface area contributed by atoms with Crippen LogP contribution in [0.25, 0.3) is 0 Å². The first kappa shape index (κ1) is 15.0. The first-order valence-electron chi connectivity index (χ1n) is 7.37. The van der Waals surface area contributed by atoms with Crippen molar-refractivity contribution in [1.82, 2.24) is 4.90 Å². The van der Waals surface area contributed by atoms with E-state index in [0.29, 0.717) is 11.3 Å². The van der Waals surface area contributed by atoms with Gasteiger partial charge in [0.05, 0.1) is 6.54 Å². The van der Waals surface area contributed by atoms with Crippen molar-refractivity contribution >= 4 is 23.4 Å². The van der Waals surface area contributed by atoms with Gasteiger partial charge in [-0.1, -0.05) is 48.5 Å². The number of anilines is 1. The molecule has 1 aliphatic heterocycles. The third kappa shape index (κ3) is 2.73. The monoisotopic (exact) mass is 308 g/mol. The van der Waals surface area contributed by atoms with Crippen LogP contribution < -0.4 is 4.90 Å². The molecule has 1 saturated heterocycles. The van der Waals surface area contributed by atoms with Gasteiger partial charge in [0.15, 0.2) is 5.78 Å². The number of nitrogens with zero attached hydrogens (tertiary/aromatic N) is 2. The molecule has 0 aliphatic carbocycles. The topological polar surface area (TPSA) is 57.7 Å². The second-order valence-electron chi connectivity index (χ2n) is 5.38. The maximum Gasteiger partial charge on any atom is 0.332 e. The fraction of sp³-hybridized carbons (Fsp3) is 0.167. The van der Waals surface area contributed by atoms with Gasteiger partial charge in [-0.15, -0.1) is 0 Å². The van der Waals surface area contributed by atoms with E-state index in [0.717, 1.165) is 4.90 Å². The van der Waals surface area contributed by atoms with E-state index in [2.05, 4.69) is 0 Å². The predicted octanol–water partition coefficient (Wildman–Crippen LogP) is 2.73. The van der Waals surface area contributed by atoms with E-state index in [1.165, 1.54) is 4.90 Å². The number of urea groups is 1. The Kier molecular flexibility index (Phi) is 3.93. The van der Waals surface area contributed by atoms with Crippen LogP contribution >= 0.6 is 0 Å². The van der Waals surface area contributed by atoms with Gasteiger partial charge in [-0.2, -0.15) is 0 Å². The van der Waals surface area contributed by atoms with Gasteiger partial charge in [0.2, 0.25) is 0 Å². The second kappa shape index (κ2) is 6.04. The standard InChI is InChI=1S/C18H16N2O3/c1-13-17(22)19(12-16(21)14-8-4-2-5-9-14)18(23)20(13)15-10-6-3-7-11-15/h2-11,13H,12H2,1H3/t13-/m0/s1. The van der Waals surface area contributed by atoms with Crippen LogP contribution in [0.3, 0.4) is 0 Å². The Morgan fingerprint density at radius 3 is 2.13 bits per heavy atom. The van der Waals surface area contributed by atoms with E-state index in [-0.39, 0.29) is 18.2 Å². The molecular weight excluding hydrogens is 292 g/mol. The van der Waals surface area contributed by atoms with E-state index in [4.69, 9.17) is 0 Å². The van der Waals surface area contributed by atoms with Gasteiger partial charge >= 0.3 is 6.03 Å². The molecule has 116 valence electrons. The van der Waals surface area contributed by atoms with Gasteiger partial charge in [-0.25, -0.2) is 4.79 Å². The molecule has 0 N–H and O–H groups in total. The summed E-state index contributed by atoms with van der Waals surface area (Å²) in [5, 5.41) is 0. The number of carbonyl (C=O) groups is 3. The molecule has 5 nitrogen and oxygen atoms in total. The van der Waals surface area contributed by atoms with Crippen molar-refractivity contribution < 1.29 is 14.4 Å². The summed E-state index contributed by atoms with van der Waals surface area (Å²) in [7, 11) is 0. The van der Waals surface area contributed by atoms with Crippen LogP contribution in [0.15, 0.2) is 60.7 Å². The fourth-order valence-electron chi connectivity index (χ4n) is 2.65. The number of amides is 3. The Bertz CT molecular complexity index is 743. The van der Waals surface area contributed by atoms with Crippen molar-refractivity contribution in [3.8, 4) is 0 Å². The van der Waals surface area contributed by atoms with E-state index >= 15 is 0 Å². The number of rotatable bonds is 4. The number of Topliss-reactive ketones (excluding diaryl/α,β-unsaturated/α-hetero) is 1. The Balaban J connectivity index is 1.83. The van der Waals surface area contributed by atoms with E-state index < -0.39 is 12.1 Å². The van der Waals surface area contributed by atoms with Crippen molar-refractivity contribution in [2.24, 2.45) is 0 Å². The highest BCUT2D eigenvalue weighted by molar-refractivity contribution is 6.16. The molecule has 2 aromatic rings. The normalized spacial score (nSPS) is 17.7. The molecule has 3 rings (SSSR count). The smallest absolute Gasteiger partial charge is 0.292 e. The molecule has 1 fully saturated rings. The van der Waals surface area contributed by atoms with Crippen molar-refractivity contribution in [2.45, 2.75) is 13.0 Å². The molecule has 0 aromatic heterocycles. The van der Waals surface area contributed by atoms with Crippen LogP contribution in [0.4, 0.5) is 10.5 Å². The molecule has 0 bridgehead atoms. The molecule has 5 heteroatoms. The van der Waals surface area contributed by atoms with Gasteiger partial charge in [0.1, 0.15) is 6.04 Å². The number of hydrogen-bond donors (Lipinski definition) is 0. The first-order valence-corrected chi connectivity index (χ1v) is 7.37. The number of carbonyl (C=O) groups excluding carboxylic acids is 3. The van der Waals surface area contributed by atoms with Gasteiger partial charge in [0.25, 0.3) is 5.91 Å². The van der Waals surface area contributed by atoms with E-state index in [1.807, 2.05) is 12.1 Å². The Morgan fingerprint density at radius 1 is 0.957 bits per heavy atom. The molecular formula is C18H16N2O3. The number of benzene rings is 2. The summed E-state index contributed by atoms with van der Waals surface area (Å²) in [5.74, 6) is -0.613. The third-order valence-electron chi connectivity index (χ3n) is 3.88. The number of imide groups is 1. The largest absolute Gasteiger partial charge is 0.332 e. The Morgan fingerprint density at radius 2 is 1.52 bits per heavy atom. The summed E-state index contributed by atoms with van der Waals surface area (Å²) in [5.41, 5.74) is 1.13. The maximum absolute atomic E-state index is 12.6. The lowest BCUT2D eigenvalue weighted by Gasteiger charge is -2.19. The van der Waals surface area contributed by atoms with Crippen LogP contribution in [0, 0.1) is 0 Å². The zero-order chi connectivity index (χ0) is 16.4. The summed E-state index contributed by atoms with van der Waals surface area (Å²) in [6, 6.07) is 16.6. The molecule has 3 amide bonds. The quantitative estimate of drug-likeness (QED) is 0.644. The zero-order valence-corrected chi connectivity index (χ0v) is 12.7. The van der Waals surface area contributed by atoms with Crippen LogP contribution in [-0.2, 0) is 4.79 Å². The van der Waals surface area contributed by atoms with E-state index in [1.54, 1.807) is 55.5 Å². The summed E-state index contributed by atoms with van der Waals surface area (Å²) < 4.78 is 0. The first-order chi connectivity index (χ1) is 11.1. The minimum Gasteiger partial charge on any atom is -0.292 e. The molecule has 0 unspecified atom stereocenters. The van der Waals surface area contributed by atoms with Crippen molar-refractivity contribution in [2.75, 3.05) is 11.4 Å². The fourth-order valence-corrected chi connectivity index (χ4v) is 2.65. The van der Waals surface area contributed by atoms with Crippen LogP contribution in [0.1, 0.15) is 17.3 Å². The molecule has 1 aliphatic rings. The van der Waals surface area contributed by atoms with Gasteiger partial charge in [-0.3, -0.25) is 19.4 Å². The molecule has 1 atom stereocenters. The average molecular weight is 308 g/mol. The van der Waals surface area contributed by atoms with Crippen molar-refractivity contribution in [3.05, 3.63) is 66.2 Å². The Hall–Kier alpha value is -2.95. The summed E-state index contributed by atoms with van der Waals surface area (Å²) in [4.78, 5) is 39.7.